The summed E-state index contributed by atoms with van der Waals surface area (Å²) in [6.07, 6.45) is 2.55. The van der Waals surface area contributed by atoms with Crippen LogP contribution in [-0.2, 0) is 22.3 Å². The molecule has 0 aliphatic heterocycles. The molecule has 0 fully saturated rings. The Balaban J connectivity index is 2.62. The first-order valence-electron chi connectivity index (χ1n) is 7.68. The molecule has 0 radical (unpaired) electrons. The maximum Gasteiger partial charge on any atom is 0.339 e. The van der Waals surface area contributed by atoms with Gasteiger partial charge in [0.25, 0.3) is 0 Å². The average Bonchev–Trinajstić information content (AvgIpc) is 2.47. The van der Waals surface area contributed by atoms with Crippen LogP contribution in [0.2, 0.25) is 5.02 Å². The average molecular weight is 325 g/mol. The van der Waals surface area contributed by atoms with Gasteiger partial charge in [0.15, 0.2) is 0 Å². The van der Waals surface area contributed by atoms with Crippen LogP contribution in [0.25, 0.3) is 0 Å². The maximum atomic E-state index is 12.4. The van der Waals surface area contributed by atoms with E-state index < -0.39 is 11.9 Å². The molecule has 1 aliphatic carbocycles. The predicted molar refractivity (Wildman–Crippen MR) is 84.6 cm³/mol. The zero-order valence-corrected chi connectivity index (χ0v) is 14.0. The zero-order valence-electron chi connectivity index (χ0n) is 13.2. The third kappa shape index (κ3) is 3.27. The van der Waals surface area contributed by atoms with Crippen molar-refractivity contribution in [1.82, 2.24) is 0 Å². The highest BCUT2D eigenvalue weighted by atomic mass is 35.5. The Morgan fingerprint density at radius 1 is 1.18 bits per heavy atom. The van der Waals surface area contributed by atoms with E-state index in [0.29, 0.717) is 16.5 Å². The Morgan fingerprint density at radius 3 is 2.45 bits per heavy atom. The standard InChI is InChI=1S/C17H21ClO4/c1-4-21-16(19)13-9-14(18)11-7-6-10(3)8-12(11)15(13)17(20)22-5-2/h9-10H,4-8H2,1-3H3/t10-/m0/s1. The van der Waals surface area contributed by atoms with Crippen LogP contribution >= 0.6 is 11.6 Å². The number of esters is 2. The van der Waals surface area contributed by atoms with Gasteiger partial charge in [-0.05, 0) is 56.2 Å². The minimum atomic E-state index is -0.534. The van der Waals surface area contributed by atoms with E-state index in [9.17, 15) is 9.59 Å². The number of hydrogen-bond donors (Lipinski definition) is 0. The van der Waals surface area contributed by atoms with E-state index in [-0.39, 0.29) is 18.8 Å². The van der Waals surface area contributed by atoms with Crippen molar-refractivity contribution in [1.29, 1.82) is 0 Å². The molecule has 1 aromatic rings. The van der Waals surface area contributed by atoms with E-state index in [4.69, 9.17) is 21.1 Å². The molecular formula is C17H21ClO4. The number of fused-ring (bicyclic) bond motifs is 1. The monoisotopic (exact) mass is 324 g/mol. The molecule has 0 unspecified atom stereocenters. The molecule has 1 aromatic carbocycles. The number of carbonyl (C=O) groups excluding carboxylic acids is 2. The lowest BCUT2D eigenvalue weighted by Crippen LogP contribution is -2.22. The summed E-state index contributed by atoms with van der Waals surface area (Å²) in [6.45, 7) is 6.10. The van der Waals surface area contributed by atoms with E-state index in [1.54, 1.807) is 19.9 Å². The third-order valence-electron chi connectivity index (χ3n) is 3.91. The molecule has 1 atom stereocenters. The molecule has 0 spiro atoms. The summed E-state index contributed by atoms with van der Waals surface area (Å²) in [5.41, 5.74) is 2.33. The fourth-order valence-electron chi connectivity index (χ4n) is 2.89. The smallest absolute Gasteiger partial charge is 0.339 e. The maximum absolute atomic E-state index is 12.4. The summed E-state index contributed by atoms with van der Waals surface area (Å²) in [6, 6.07) is 1.54. The number of carbonyl (C=O) groups is 2. The van der Waals surface area contributed by atoms with Crippen LogP contribution in [0.4, 0.5) is 0 Å². The van der Waals surface area contributed by atoms with Gasteiger partial charge in [0.1, 0.15) is 0 Å². The minimum Gasteiger partial charge on any atom is -0.462 e. The van der Waals surface area contributed by atoms with Gasteiger partial charge in [-0.2, -0.15) is 0 Å². The first kappa shape index (κ1) is 16.8. The minimum absolute atomic E-state index is 0.207. The number of benzene rings is 1. The first-order chi connectivity index (χ1) is 10.5. The van der Waals surface area contributed by atoms with Gasteiger partial charge >= 0.3 is 11.9 Å². The van der Waals surface area contributed by atoms with E-state index >= 15 is 0 Å². The van der Waals surface area contributed by atoms with E-state index in [0.717, 1.165) is 30.4 Å². The molecule has 1 aliphatic rings. The summed E-state index contributed by atoms with van der Waals surface area (Å²) in [5, 5.41) is 0.526. The molecule has 0 aromatic heterocycles. The van der Waals surface area contributed by atoms with Crippen molar-refractivity contribution in [3.05, 3.63) is 33.3 Å². The number of ether oxygens (including phenoxy) is 2. The molecule has 120 valence electrons. The molecular weight excluding hydrogens is 304 g/mol. The van der Waals surface area contributed by atoms with E-state index in [1.807, 2.05) is 0 Å². The molecule has 0 bridgehead atoms. The Labute approximate surface area is 135 Å². The van der Waals surface area contributed by atoms with Crippen molar-refractivity contribution in [3.63, 3.8) is 0 Å². The lowest BCUT2D eigenvalue weighted by atomic mass is 9.81. The van der Waals surface area contributed by atoms with Gasteiger partial charge in [0.2, 0.25) is 0 Å². The second-order valence-electron chi connectivity index (χ2n) is 5.53. The molecule has 0 saturated carbocycles. The van der Waals surface area contributed by atoms with Crippen LogP contribution in [0, 0.1) is 5.92 Å². The summed E-state index contributed by atoms with van der Waals surface area (Å²) in [7, 11) is 0. The molecule has 2 rings (SSSR count). The summed E-state index contributed by atoms with van der Waals surface area (Å²) in [5.74, 6) is -0.574. The van der Waals surface area contributed by atoms with Gasteiger partial charge in [-0.1, -0.05) is 18.5 Å². The number of halogens is 1. The predicted octanol–water partition coefficient (Wildman–Crippen LogP) is 3.82. The second kappa shape index (κ2) is 7.14. The molecule has 5 heteroatoms. The molecule has 0 amide bonds. The molecule has 4 nitrogen and oxygen atoms in total. The van der Waals surface area contributed by atoms with Crippen molar-refractivity contribution >= 4 is 23.5 Å². The van der Waals surface area contributed by atoms with Crippen LogP contribution in [0.3, 0.4) is 0 Å². The topological polar surface area (TPSA) is 52.6 Å². The summed E-state index contributed by atoms with van der Waals surface area (Å²) < 4.78 is 10.2. The Bertz CT molecular complexity index is 595. The van der Waals surface area contributed by atoms with Crippen molar-refractivity contribution in [3.8, 4) is 0 Å². The van der Waals surface area contributed by atoms with Crippen molar-refractivity contribution < 1.29 is 19.1 Å². The van der Waals surface area contributed by atoms with Crippen LogP contribution in [0.1, 0.15) is 59.0 Å². The lowest BCUT2D eigenvalue weighted by molar-refractivity contribution is 0.0477. The van der Waals surface area contributed by atoms with Gasteiger partial charge in [-0.3, -0.25) is 0 Å². The van der Waals surface area contributed by atoms with Crippen LogP contribution < -0.4 is 0 Å². The zero-order chi connectivity index (χ0) is 16.3. The number of hydrogen-bond acceptors (Lipinski definition) is 4. The van der Waals surface area contributed by atoms with Crippen molar-refractivity contribution in [2.45, 2.75) is 40.0 Å². The molecule has 22 heavy (non-hydrogen) atoms. The first-order valence-corrected chi connectivity index (χ1v) is 8.05. The van der Waals surface area contributed by atoms with Crippen LogP contribution in [0.5, 0.6) is 0 Å². The Hall–Kier alpha value is -1.55. The summed E-state index contributed by atoms with van der Waals surface area (Å²) in [4.78, 5) is 24.6. The largest absolute Gasteiger partial charge is 0.462 e. The third-order valence-corrected chi connectivity index (χ3v) is 4.25. The summed E-state index contributed by atoms with van der Waals surface area (Å²) >= 11 is 6.33. The fourth-order valence-corrected chi connectivity index (χ4v) is 3.20. The Kier molecular flexibility index (Phi) is 5.46. The fraction of sp³-hybridized carbons (Fsp3) is 0.529. The number of rotatable bonds is 4. The Morgan fingerprint density at radius 2 is 1.82 bits per heavy atom. The molecule has 0 N–H and O–H groups in total. The van der Waals surface area contributed by atoms with Gasteiger partial charge < -0.3 is 9.47 Å². The van der Waals surface area contributed by atoms with Crippen LogP contribution in [-0.4, -0.2) is 25.2 Å². The molecule has 0 saturated heterocycles. The van der Waals surface area contributed by atoms with Gasteiger partial charge in [0.05, 0.1) is 24.3 Å². The normalized spacial score (nSPS) is 16.8. The SMILES string of the molecule is CCOC(=O)c1cc(Cl)c2c(c1C(=O)OCC)C[C@@H](C)CC2. The quantitative estimate of drug-likeness (QED) is 0.790. The van der Waals surface area contributed by atoms with Crippen molar-refractivity contribution in [2.24, 2.45) is 5.92 Å². The highest BCUT2D eigenvalue weighted by Gasteiger charge is 2.30. The molecule has 0 heterocycles. The van der Waals surface area contributed by atoms with E-state index in [1.165, 1.54) is 0 Å². The second-order valence-corrected chi connectivity index (χ2v) is 5.93. The van der Waals surface area contributed by atoms with E-state index in [2.05, 4.69) is 6.92 Å². The van der Waals surface area contributed by atoms with Gasteiger partial charge in [-0.15, -0.1) is 0 Å². The van der Waals surface area contributed by atoms with Crippen molar-refractivity contribution in [2.75, 3.05) is 13.2 Å². The highest BCUT2D eigenvalue weighted by molar-refractivity contribution is 6.32. The van der Waals surface area contributed by atoms with Gasteiger partial charge in [0, 0.05) is 5.02 Å². The highest BCUT2D eigenvalue weighted by Crippen LogP contribution is 2.35. The lowest BCUT2D eigenvalue weighted by Gasteiger charge is -2.26. The van der Waals surface area contributed by atoms with Gasteiger partial charge in [-0.25, -0.2) is 9.59 Å². The van der Waals surface area contributed by atoms with Crippen LogP contribution in [0.15, 0.2) is 6.07 Å².